The summed E-state index contributed by atoms with van der Waals surface area (Å²) in [6.45, 7) is 9.47. The molecule has 0 amide bonds. The van der Waals surface area contributed by atoms with E-state index in [9.17, 15) is 0 Å². The second-order valence-corrected chi connectivity index (χ2v) is 9.50. The number of likely N-dealkylation sites (N-methyl/N-ethyl adjacent to an activating group) is 1. The SMILES string of the molecule is Cc1ccccc1CN1CCC[C@@H](c2nc(N3CCN(C)CC3)ncc2-c2ccncc2)C1. The maximum absolute atomic E-state index is 5.23. The topological polar surface area (TPSA) is 48.4 Å². The van der Waals surface area contributed by atoms with E-state index >= 15 is 0 Å². The van der Waals surface area contributed by atoms with Gasteiger partial charge in [-0.05, 0) is 62.2 Å². The van der Waals surface area contributed by atoms with Gasteiger partial charge in [0.1, 0.15) is 0 Å². The molecular weight excluding hydrogens is 408 g/mol. The lowest BCUT2D eigenvalue weighted by Crippen LogP contribution is -2.45. The number of piperidine rings is 1. The number of piperazine rings is 1. The number of likely N-dealkylation sites (tertiary alicyclic amines) is 1. The largest absolute Gasteiger partial charge is 0.338 e. The molecule has 0 unspecified atom stereocenters. The van der Waals surface area contributed by atoms with Crippen molar-refractivity contribution in [3.05, 3.63) is 71.8 Å². The molecule has 0 radical (unpaired) electrons. The van der Waals surface area contributed by atoms with Crippen LogP contribution in [0.3, 0.4) is 0 Å². The van der Waals surface area contributed by atoms with Crippen LogP contribution in [0.15, 0.2) is 55.0 Å². The standard InChI is InChI=1S/C27H34N6/c1-21-6-3-4-7-23(21)19-32-13-5-8-24(20-32)26-25(22-9-11-28-12-10-22)18-29-27(30-26)33-16-14-31(2)15-17-33/h3-4,6-7,9-12,18,24H,5,8,13-17,19-20H2,1-2H3/t24-/m1/s1. The van der Waals surface area contributed by atoms with Gasteiger partial charge >= 0.3 is 0 Å². The fourth-order valence-corrected chi connectivity index (χ4v) is 5.06. The van der Waals surface area contributed by atoms with Crippen LogP contribution in [0, 0.1) is 6.92 Å². The zero-order valence-corrected chi connectivity index (χ0v) is 19.8. The highest BCUT2D eigenvalue weighted by molar-refractivity contribution is 5.66. The van der Waals surface area contributed by atoms with Crippen molar-refractivity contribution in [2.45, 2.75) is 32.2 Å². The van der Waals surface area contributed by atoms with Crippen LogP contribution >= 0.6 is 0 Å². The first-order valence-corrected chi connectivity index (χ1v) is 12.1. The first-order valence-electron chi connectivity index (χ1n) is 12.1. The zero-order chi connectivity index (χ0) is 22.6. The third-order valence-corrected chi connectivity index (χ3v) is 7.13. The minimum absolute atomic E-state index is 0.403. The Morgan fingerprint density at radius 1 is 0.970 bits per heavy atom. The van der Waals surface area contributed by atoms with Gasteiger partial charge in [-0.15, -0.1) is 0 Å². The maximum Gasteiger partial charge on any atom is 0.225 e. The van der Waals surface area contributed by atoms with E-state index in [4.69, 9.17) is 9.97 Å². The van der Waals surface area contributed by atoms with Gasteiger partial charge in [-0.1, -0.05) is 24.3 Å². The Morgan fingerprint density at radius 3 is 2.55 bits per heavy atom. The molecule has 5 rings (SSSR count). The average Bonchev–Trinajstić information content (AvgIpc) is 2.86. The molecule has 6 nitrogen and oxygen atoms in total. The predicted octanol–water partition coefficient (Wildman–Crippen LogP) is 3.98. The summed E-state index contributed by atoms with van der Waals surface area (Å²) < 4.78 is 0. The molecule has 0 bridgehead atoms. The smallest absolute Gasteiger partial charge is 0.225 e. The Kier molecular flexibility index (Phi) is 6.65. The summed E-state index contributed by atoms with van der Waals surface area (Å²) in [5.74, 6) is 1.28. The summed E-state index contributed by atoms with van der Waals surface area (Å²) >= 11 is 0. The van der Waals surface area contributed by atoms with Crippen molar-refractivity contribution in [2.24, 2.45) is 0 Å². The molecular formula is C27H34N6. The summed E-state index contributed by atoms with van der Waals surface area (Å²) in [6, 6.07) is 12.9. The Bertz CT molecular complexity index is 1060. The normalized spacial score (nSPS) is 20.2. The minimum Gasteiger partial charge on any atom is -0.338 e. The van der Waals surface area contributed by atoms with E-state index < -0.39 is 0 Å². The molecule has 1 aromatic carbocycles. The van der Waals surface area contributed by atoms with Crippen LogP contribution in [-0.2, 0) is 6.54 Å². The monoisotopic (exact) mass is 442 g/mol. The van der Waals surface area contributed by atoms with Crippen LogP contribution in [0.2, 0.25) is 0 Å². The van der Waals surface area contributed by atoms with Gasteiger partial charge in [0.15, 0.2) is 0 Å². The van der Waals surface area contributed by atoms with Gasteiger partial charge < -0.3 is 9.80 Å². The zero-order valence-electron chi connectivity index (χ0n) is 19.8. The van der Waals surface area contributed by atoms with Gasteiger partial charge in [0.05, 0.1) is 5.69 Å². The third kappa shape index (κ3) is 5.07. The summed E-state index contributed by atoms with van der Waals surface area (Å²) in [5, 5.41) is 0. The van der Waals surface area contributed by atoms with E-state index in [1.54, 1.807) is 0 Å². The molecule has 1 atom stereocenters. The van der Waals surface area contributed by atoms with E-state index in [0.29, 0.717) is 5.92 Å². The predicted molar refractivity (Wildman–Crippen MR) is 133 cm³/mol. The Balaban J connectivity index is 1.44. The van der Waals surface area contributed by atoms with Crippen LogP contribution in [0.5, 0.6) is 0 Å². The van der Waals surface area contributed by atoms with Crippen molar-refractivity contribution in [1.82, 2.24) is 24.8 Å². The van der Waals surface area contributed by atoms with E-state index in [2.05, 4.69) is 70.1 Å². The van der Waals surface area contributed by atoms with Gasteiger partial charge in [-0.3, -0.25) is 9.88 Å². The Labute approximate surface area is 197 Å². The van der Waals surface area contributed by atoms with Crippen molar-refractivity contribution >= 4 is 5.95 Å². The van der Waals surface area contributed by atoms with E-state index in [1.165, 1.54) is 29.7 Å². The summed E-state index contributed by atoms with van der Waals surface area (Å²) in [5.41, 5.74) is 6.29. The number of hydrogen-bond donors (Lipinski definition) is 0. The summed E-state index contributed by atoms with van der Waals surface area (Å²) in [7, 11) is 2.18. The second-order valence-electron chi connectivity index (χ2n) is 9.50. The molecule has 33 heavy (non-hydrogen) atoms. The highest BCUT2D eigenvalue weighted by Gasteiger charge is 2.27. The molecule has 2 aliphatic heterocycles. The fraction of sp³-hybridized carbons (Fsp3) is 0.444. The molecule has 2 fully saturated rings. The first-order chi connectivity index (χ1) is 16.2. The number of aryl methyl sites for hydroxylation is 1. The van der Waals surface area contributed by atoms with Crippen molar-refractivity contribution in [1.29, 1.82) is 0 Å². The third-order valence-electron chi connectivity index (χ3n) is 7.13. The molecule has 0 spiro atoms. The van der Waals surface area contributed by atoms with Gasteiger partial charge in [0.25, 0.3) is 0 Å². The Morgan fingerprint density at radius 2 is 1.76 bits per heavy atom. The molecule has 0 aliphatic carbocycles. The molecule has 3 aromatic rings. The van der Waals surface area contributed by atoms with Crippen molar-refractivity contribution in [2.75, 3.05) is 51.2 Å². The quantitative estimate of drug-likeness (QED) is 0.596. The van der Waals surface area contributed by atoms with Crippen LogP contribution in [-0.4, -0.2) is 71.1 Å². The summed E-state index contributed by atoms with van der Waals surface area (Å²) in [6.07, 6.45) is 8.13. The molecule has 2 saturated heterocycles. The van der Waals surface area contributed by atoms with Crippen LogP contribution in [0.1, 0.15) is 35.6 Å². The molecule has 2 aliphatic rings. The highest BCUT2D eigenvalue weighted by Crippen LogP contribution is 2.34. The van der Waals surface area contributed by atoms with Crippen molar-refractivity contribution in [3.63, 3.8) is 0 Å². The molecule has 172 valence electrons. The van der Waals surface area contributed by atoms with Crippen LogP contribution in [0.25, 0.3) is 11.1 Å². The minimum atomic E-state index is 0.403. The van der Waals surface area contributed by atoms with E-state index in [0.717, 1.165) is 62.9 Å². The maximum atomic E-state index is 5.23. The van der Waals surface area contributed by atoms with Gasteiger partial charge in [-0.25, -0.2) is 9.97 Å². The molecule has 4 heterocycles. The number of hydrogen-bond acceptors (Lipinski definition) is 6. The number of pyridine rings is 1. The first kappa shape index (κ1) is 22.0. The number of nitrogens with zero attached hydrogens (tertiary/aromatic N) is 6. The van der Waals surface area contributed by atoms with E-state index in [1.807, 2.05) is 18.6 Å². The van der Waals surface area contributed by atoms with Crippen LogP contribution < -0.4 is 4.90 Å². The Hall–Kier alpha value is -2.83. The highest BCUT2D eigenvalue weighted by atomic mass is 15.3. The van der Waals surface area contributed by atoms with Crippen molar-refractivity contribution < 1.29 is 0 Å². The lowest BCUT2D eigenvalue weighted by atomic mass is 9.90. The van der Waals surface area contributed by atoms with Crippen LogP contribution in [0.4, 0.5) is 5.95 Å². The summed E-state index contributed by atoms with van der Waals surface area (Å²) in [4.78, 5) is 21.6. The lowest BCUT2D eigenvalue weighted by molar-refractivity contribution is 0.198. The number of benzene rings is 1. The molecule has 6 heteroatoms. The molecule has 0 N–H and O–H groups in total. The van der Waals surface area contributed by atoms with E-state index in [-0.39, 0.29) is 0 Å². The van der Waals surface area contributed by atoms with Crippen molar-refractivity contribution in [3.8, 4) is 11.1 Å². The fourth-order valence-electron chi connectivity index (χ4n) is 5.06. The number of anilines is 1. The number of rotatable bonds is 5. The van der Waals surface area contributed by atoms with Gasteiger partial charge in [0.2, 0.25) is 5.95 Å². The van der Waals surface area contributed by atoms with Gasteiger partial charge in [-0.2, -0.15) is 0 Å². The van der Waals surface area contributed by atoms with Gasteiger partial charge in [0, 0.05) is 69.3 Å². The second kappa shape index (κ2) is 9.98. The molecule has 2 aromatic heterocycles. The number of aromatic nitrogens is 3. The lowest BCUT2D eigenvalue weighted by Gasteiger charge is -2.35. The molecule has 0 saturated carbocycles. The average molecular weight is 443 g/mol.